The van der Waals surface area contributed by atoms with Crippen molar-refractivity contribution >= 4 is 5.91 Å². The van der Waals surface area contributed by atoms with Gasteiger partial charge < -0.3 is 10.1 Å². The summed E-state index contributed by atoms with van der Waals surface area (Å²) >= 11 is 0. The van der Waals surface area contributed by atoms with E-state index in [-0.39, 0.29) is 5.91 Å². The quantitative estimate of drug-likeness (QED) is 0.794. The topological polar surface area (TPSA) is 51.2 Å². The standard InChI is InChI=1S/C17H20N2O2/c1-21-16-8-2-5-15(11-16)12-17(20)19-10-4-7-14-6-3-9-18-13-14/h2-3,5-6,8-9,11,13H,4,7,10,12H2,1H3,(H,19,20). The zero-order valence-electron chi connectivity index (χ0n) is 12.2. The van der Waals surface area contributed by atoms with Crippen LogP contribution in [0.15, 0.2) is 48.8 Å². The predicted molar refractivity (Wildman–Crippen MR) is 82.3 cm³/mol. The third kappa shape index (κ3) is 5.26. The van der Waals surface area contributed by atoms with Crippen LogP contribution in [-0.4, -0.2) is 24.5 Å². The summed E-state index contributed by atoms with van der Waals surface area (Å²) in [5.41, 5.74) is 2.15. The summed E-state index contributed by atoms with van der Waals surface area (Å²) in [6, 6.07) is 11.5. The SMILES string of the molecule is COc1cccc(CC(=O)NCCCc2cccnc2)c1. The van der Waals surface area contributed by atoms with Gasteiger partial charge in [0.15, 0.2) is 0 Å². The van der Waals surface area contributed by atoms with Crippen LogP contribution in [0, 0.1) is 0 Å². The molecule has 0 aliphatic carbocycles. The molecule has 1 N–H and O–H groups in total. The van der Waals surface area contributed by atoms with Crippen molar-refractivity contribution in [3.8, 4) is 5.75 Å². The number of amides is 1. The van der Waals surface area contributed by atoms with E-state index in [1.165, 1.54) is 5.56 Å². The minimum absolute atomic E-state index is 0.0365. The van der Waals surface area contributed by atoms with E-state index in [9.17, 15) is 4.79 Å². The van der Waals surface area contributed by atoms with Gasteiger partial charge >= 0.3 is 0 Å². The minimum Gasteiger partial charge on any atom is -0.497 e. The first-order valence-electron chi connectivity index (χ1n) is 7.06. The fourth-order valence-electron chi connectivity index (χ4n) is 2.10. The number of aryl methyl sites for hydroxylation is 1. The van der Waals surface area contributed by atoms with E-state index in [2.05, 4.69) is 10.3 Å². The van der Waals surface area contributed by atoms with Crippen LogP contribution in [-0.2, 0) is 17.6 Å². The van der Waals surface area contributed by atoms with Gasteiger partial charge in [0.1, 0.15) is 5.75 Å². The molecule has 4 nitrogen and oxygen atoms in total. The number of carbonyl (C=O) groups is 1. The molecule has 4 heteroatoms. The second-order valence-corrected chi connectivity index (χ2v) is 4.84. The maximum Gasteiger partial charge on any atom is 0.224 e. The summed E-state index contributed by atoms with van der Waals surface area (Å²) in [5, 5.41) is 2.94. The second-order valence-electron chi connectivity index (χ2n) is 4.84. The second kappa shape index (κ2) is 8.04. The summed E-state index contributed by atoms with van der Waals surface area (Å²) < 4.78 is 5.15. The van der Waals surface area contributed by atoms with Crippen LogP contribution in [0.1, 0.15) is 17.5 Å². The Hall–Kier alpha value is -2.36. The smallest absolute Gasteiger partial charge is 0.224 e. The lowest BCUT2D eigenvalue weighted by Gasteiger charge is -2.06. The molecular formula is C17H20N2O2. The molecule has 2 rings (SSSR count). The van der Waals surface area contributed by atoms with E-state index in [0.29, 0.717) is 13.0 Å². The number of rotatable bonds is 7. The van der Waals surface area contributed by atoms with Gasteiger partial charge in [-0.3, -0.25) is 9.78 Å². The Morgan fingerprint density at radius 1 is 1.24 bits per heavy atom. The normalized spacial score (nSPS) is 10.1. The number of aromatic nitrogens is 1. The summed E-state index contributed by atoms with van der Waals surface area (Å²) in [4.78, 5) is 15.9. The Morgan fingerprint density at radius 2 is 2.10 bits per heavy atom. The molecule has 0 atom stereocenters. The highest BCUT2D eigenvalue weighted by Gasteiger charge is 2.04. The number of ether oxygens (including phenoxy) is 1. The van der Waals surface area contributed by atoms with Gasteiger partial charge in [-0.25, -0.2) is 0 Å². The van der Waals surface area contributed by atoms with Gasteiger partial charge in [-0.05, 0) is 42.2 Å². The van der Waals surface area contributed by atoms with Gasteiger partial charge in [-0.1, -0.05) is 18.2 Å². The Labute approximate surface area is 125 Å². The molecule has 0 aliphatic heterocycles. The molecule has 0 bridgehead atoms. The summed E-state index contributed by atoms with van der Waals surface area (Å²) in [7, 11) is 1.62. The highest BCUT2D eigenvalue weighted by molar-refractivity contribution is 5.78. The zero-order valence-corrected chi connectivity index (χ0v) is 12.2. The average Bonchev–Trinajstić information content (AvgIpc) is 2.53. The molecule has 1 aromatic heterocycles. The molecule has 110 valence electrons. The van der Waals surface area contributed by atoms with Crippen molar-refractivity contribution < 1.29 is 9.53 Å². The molecule has 2 aromatic rings. The lowest BCUT2D eigenvalue weighted by atomic mass is 10.1. The minimum atomic E-state index is 0.0365. The highest BCUT2D eigenvalue weighted by atomic mass is 16.5. The number of carbonyl (C=O) groups excluding carboxylic acids is 1. The van der Waals surface area contributed by atoms with Crippen molar-refractivity contribution in [2.45, 2.75) is 19.3 Å². The third-order valence-corrected chi connectivity index (χ3v) is 3.19. The molecule has 0 saturated carbocycles. The van der Waals surface area contributed by atoms with Crippen molar-refractivity contribution in [1.82, 2.24) is 10.3 Å². The largest absolute Gasteiger partial charge is 0.497 e. The van der Waals surface area contributed by atoms with Gasteiger partial charge in [0.25, 0.3) is 0 Å². The van der Waals surface area contributed by atoms with Crippen LogP contribution < -0.4 is 10.1 Å². The maximum absolute atomic E-state index is 11.9. The first-order chi connectivity index (χ1) is 10.3. The van der Waals surface area contributed by atoms with Crippen molar-refractivity contribution in [2.24, 2.45) is 0 Å². The maximum atomic E-state index is 11.9. The molecule has 1 amide bonds. The van der Waals surface area contributed by atoms with Gasteiger partial charge in [0, 0.05) is 18.9 Å². The van der Waals surface area contributed by atoms with Crippen molar-refractivity contribution in [3.05, 3.63) is 59.9 Å². The molecular weight excluding hydrogens is 264 g/mol. The number of nitrogens with one attached hydrogen (secondary N) is 1. The molecule has 0 saturated heterocycles. The Kier molecular flexibility index (Phi) is 5.76. The molecule has 0 aliphatic rings. The number of nitrogens with zero attached hydrogens (tertiary/aromatic N) is 1. The molecule has 0 unspecified atom stereocenters. The predicted octanol–water partition coefficient (Wildman–Crippen LogP) is 2.38. The van der Waals surface area contributed by atoms with Gasteiger partial charge in [0.2, 0.25) is 5.91 Å². The number of methoxy groups -OCH3 is 1. The first kappa shape index (κ1) is 15.0. The molecule has 0 fully saturated rings. The molecule has 21 heavy (non-hydrogen) atoms. The Bertz CT molecular complexity index is 570. The fraction of sp³-hybridized carbons (Fsp3) is 0.294. The lowest BCUT2D eigenvalue weighted by Crippen LogP contribution is -2.26. The Morgan fingerprint density at radius 3 is 2.86 bits per heavy atom. The van der Waals surface area contributed by atoms with E-state index < -0.39 is 0 Å². The van der Waals surface area contributed by atoms with Gasteiger partial charge in [-0.15, -0.1) is 0 Å². The zero-order chi connectivity index (χ0) is 14.9. The van der Waals surface area contributed by atoms with E-state index in [4.69, 9.17) is 4.74 Å². The molecule has 0 spiro atoms. The van der Waals surface area contributed by atoms with Crippen LogP contribution in [0.3, 0.4) is 0 Å². The highest BCUT2D eigenvalue weighted by Crippen LogP contribution is 2.12. The van der Waals surface area contributed by atoms with Crippen LogP contribution in [0.25, 0.3) is 0 Å². The molecule has 0 radical (unpaired) electrons. The van der Waals surface area contributed by atoms with Crippen LogP contribution in [0.2, 0.25) is 0 Å². The van der Waals surface area contributed by atoms with Crippen molar-refractivity contribution in [2.75, 3.05) is 13.7 Å². The number of benzene rings is 1. The number of pyridine rings is 1. The van der Waals surface area contributed by atoms with Gasteiger partial charge in [0.05, 0.1) is 13.5 Å². The third-order valence-electron chi connectivity index (χ3n) is 3.19. The summed E-state index contributed by atoms with van der Waals surface area (Å²) in [5.74, 6) is 0.811. The fourth-order valence-corrected chi connectivity index (χ4v) is 2.10. The number of hydrogen-bond acceptors (Lipinski definition) is 3. The monoisotopic (exact) mass is 284 g/mol. The van der Waals surface area contributed by atoms with Crippen LogP contribution >= 0.6 is 0 Å². The Balaban J connectivity index is 1.70. The summed E-state index contributed by atoms with van der Waals surface area (Å²) in [6.45, 7) is 0.678. The first-order valence-corrected chi connectivity index (χ1v) is 7.06. The van der Waals surface area contributed by atoms with Crippen LogP contribution in [0.5, 0.6) is 5.75 Å². The van der Waals surface area contributed by atoms with Crippen molar-refractivity contribution in [3.63, 3.8) is 0 Å². The van der Waals surface area contributed by atoms with Crippen molar-refractivity contribution in [1.29, 1.82) is 0 Å². The molecule has 1 aromatic carbocycles. The van der Waals surface area contributed by atoms with E-state index in [1.807, 2.05) is 42.6 Å². The van der Waals surface area contributed by atoms with E-state index in [0.717, 1.165) is 24.2 Å². The molecule has 1 heterocycles. The van der Waals surface area contributed by atoms with E-state index >= 15 is 0 Å². The van der Waals surface area contributed by atoms with Gasteiger partial charge in [-0.2, -0.15) is 0 Å². The number of hydrogen-bond donors (Lipinski definition) is 1. The average molecular weight is 284 g/mol. The van der Waals surface area contributed by atoms with Crippen LogP contribution in [0.4, 0.5) is 0 Å². The summed E-state index contributed by atoms with van der Waals surface area (Å²) in [6.07, 6.45) is 5.84. The lowest BCUT2D eigenvalue weighted by molar-refractivity contribution is -0.120. The van der Waals surface area contributed by atoms with E-state index in [1.54, 1.807) is 13.3 Å².